The number of amides is 1. The van der Waals surface area contributed by atoms with Gasteiger partial charge in [0.15, 0.2) is 0 Å². The average molecular weight is 485 g/mol. The number of carbonyl (C=O) groups excluding carboxylic acids is 1. The van der Waals surface area contributed by atoms with Gasteiger partial charge in [-0.1, -0.05) is 35.3 Å². The zero-order chi connectivity index (χ0) is 22.6. The topological polar surface area (TPSA) is 67.3 Å². The Kier molecular flexibility index (Phi) is 7.25. The molecule has 3 rings (SSSR count). The molecule has 0 unspecified atom stereocenters. The molecule has 0 bridgehead atoms. The standard InChI is InChI=1S/C21H16Cl2F2N2O3S/c22-18-9-4-14(11-19(18)23)12-27(13-16-3-1-2-10-26-16)20(28)15-5-7-17(8-6-15)31(29,30)21(24)25/h1-11,21H,12-13H2. The third-order valence-electron chi connectivity index (χ3n) is 4.39. The molecule has 2 aromatic carbocycles. The van der Waals surface area contributed by atoms with Crippen molar-refractivity contribution < 1.29 is 22.0 Å². The predicted molar refractivity (Wildman–Crippen MR) is 114 cm³/mol. The highest BCUT2D eigenvalue weighted by molar-refractivity contribution is 7.91. The minimum atomic E-state index is -4.74. The number of halogens is 4. The summed E-state index contributed by atoms with van der Waals surface area (Å²) in [6, 6.07) is 14.7. The summed E-state index contributed by atoms with van der Waals surface area (Å²) in [5.41, 5.74) is 1.49. The molecule has 5 nitrogen and oxygen atoms in total. The minimum absolute atomic E-state index is 0.143. The number of sulfone groups is 1. The van der Waals surface area contributed by atoms with Crippen molar-refractivity contribution in [3.8, 4) is 0 Å². The summed E-state index contributed by atoms with van der Waals surface area (Å²) in [5.74, 6) is -3.97. The maximum absolute atomic E-state index is 13.1. The smallest absolute Gasteiger partial charge is 0.328 e. The van der Waals surface area contributed by atoms with E-state index in [9.17, 15) is 22.0 Å². The predicted octanol–water partition coefficient (Wildman–Crippen LogP) is 5.23. The lowest BCUT2D eigenvalue weighted by Crippen LogP contribution is -2.30. The van der Waals surface area contributed by atoms with Gasteiger partial charge in [-0.2, -0.15) is 8.78 Å². The van der Waals surface area contributed by atoms with Crippen molar-refractivity contribution in [2.24, 2.45) is 0 Å². The molecular weight excluding hydrogens is 469 g/mol. The quantitative estimate of drug-likeness (QED) is 0.460. The third kappa shape index (κ3) is 5.58. The van der Waals surface area contributed by atoms with E-state index < -0.39 is 26.4 Å². The number of alkyl halides is 2. The second kappa shape index (κ2) is 9.72. The monoisotopic (exact) mass is 484 g/mol. The summed E-state index contributed by atoms with van der Waals surface area (Å²) in [4.78, 5) is 18.3. The Bertz CT molecular complexity index is 1170. The lowest BCUT2D eigenvalue weighted by Gasteiger charge is -2.23. The number of benzene rings is 2. The van der Waals surface area contributed by atoms with E-state index in [0.717, 1.165) is 17.7 Å². The molecule has 0 atom stereocenters. The van der Waals surface area contributed by atoms with E-state index in [1.54, 1.807) is 42.6 Å². The summed E-state index contributed by atoms with van der Waals surface area (Å²) in [7, 11) is -4.74. The van der Waals surface area contributed by atoms with Crippen molar-refractivity contribution in [1.82, 2.24) is 9.88 Å². The Balaban J connectivity index is 1.90. The van der Waals surface area contributed by atoms with Gasteiger partial charge in [0.2, 0.25) is 9.84 Å². The summed E-state index contributed by atoms with van der Waals surface area (Å²) in [6.07, 6.45) is 1.60. The largest absolute Gasteiger partial charge is 0.341 e. The highest BCUT2D eigenvalue weighted by Crippen LogP contribution is 2.24. The van der Waals surface area contributed by atoms with Crippen LogP contribution in [0.3, 0.4) is 0 Å². The summed E-state index contributed by atoms with van der Waals surface area (Å²) in [6.45, 7) is 0.334. The molecule has 0 spiro atoms. The second-order valence-electron chi connectivity index (χ2n) is 6.56. The van der Waals surface area contributed by atoms with Crippen LogP contribution in [-0.4, -0.2) is 30.0 Å². The van der Waals surface area contributed by atoms with Crippen molar-refractivity contribution in [2.75, 3.05) is 0 Å². The Morgan fingerprint density at radius 2 is 1.68 bits per heavy atom. The van der Waals surface area contributed by atoms with Gasteiger partial charge in [0.1, 0.15) is 0 Å². The van der Waals surface area contributed by atoms with Crippen LogP contribution in [0, 0.1) is 0 Å². The van der Waals surface area contributed by atoms with Crippen LogP contribution in [0.15, 0.2) is 71.8 Å². The molecule has 162 valence electrons. The molecule has 1 heterocycles. The van der Waals surface area contributed by atoms with Crippen molar-refractivity contribution >= 4 is 38.9 Å². The number of carbonyl (C=O) groups is 1. The van der Waals surface area contributed by atoms with E-state index >= 15 is 0 Å². The number of nitrogens with zero attached hydrogens (tertiary/aromatic N) is 2. The van der Waals surface area contributed by atoms with Crippen LogP contribution in [0.1, 0.15) is 21.6 Å². The molecule has 0 aliphatic carbocycles. The van der Waals surface area contributed by atoms with E-state index in [1.165, 1.54) is 17.0 Å². The molecule has 3 aromatic rings. The lowest BCUT2D eigenvalue weighted by atomic mass is 10.1. The van der Waals surface area contributed by atoms with Crippen molar-refractivity contribution in [1.29, 1.82) is 0 Å². The van der Waals surface area contributed by atoms with Gasteiger partial charge in [0.25, 0.3) is 5.91 Å². The van der Waals surface area contributed by atoms with Crippen LogP contribution < -0.4 is 0 Å². The SMILES string of the molecule is O=C(c1ccc(S(=O)(=O)C(F)F)cc1)N(Cc1ccc(Cl)c(Cl)c1)Cc1ccccn1. The fourth-order valence-electron chi connectivity index (χ4n) is 2.82. The Labute approximate surface area is 188 Å². The van der Waals surface area contributed by atoms with Gasteiger partial charge >= 0.3 is 5.76 Å². The molecule has 31 heavy (non-hydrogen) atoms. The molecule has 0 saturated carbocycles. The lowest BCUT2D eigenvalue weighted by molar-refractivity contribution is 0.0727. The number of hydrogen-bond acceptors (Lipinski definition) is 4. The van der Waals surface area contributed by atoms with Gasteiger partial charge < -0.3 is 4.90 Å². The van der Waals surface area contributed by atoms with Gasteiger partial charge in [-0.15, -0.1) is 0 Å². The fourth-order valence-corrected chi connectivity index (χ4v) is 3.86. The second-order valence-corrected chi connectivity index (χ2v) is 9.29. The maximum atomic E-state index is 13.1. The molecule has 1 aromatic heterocycles. The molecule has 0 fully saturated rings. The molecule has 0 saturated heterocycles. The number of rotatable bonds is 7. The van der Waals surface area contributed by atoms with E-state index in [4.69, 9.17) is 23.2 Å². The maximum Gasteiger partial charge on any atom is 0.341 e. The molecule has 0 N–H and O–H groups in total. The Morgan fingerprint density at radius 3 is 2.26 bits per heavy atom. The first-order valence-corrected chi connectivity index (χ1v) is 11.2. The van der Waals surface area contributed by atoms with Gasteiger partial charge in [-0.3, -0.25) is 9.78 Å². The Morgan fingerprint density at radius 1 is 0.968 bits per heavy atom. The molecule has 0 radical (unpaired) electrons. The third-order valence-corrected chi connectivity index (χ3v) is 6.53. The van der Waals surface area contributed by atoms with E-state index in [1.807, 2.05) is 0 Å². The minimum Gasteiger partial charge on any atom is -0.328 e. The Hall–Kier alpha value is -2.55. The molecule has 1 amide bonds. The van der Waals surface area contributed by atoms with Crippen LogP contribution in [0.25, 0.3) is 0 Å². The molecule has 10 heteroatoms. The van der Waals surface area contributed by atoms with Gasteiger partial charge in [-0.05, 0) is 54.1 Å². The van der Waals surface area contributed by atoms with Gasteiger partial charge in [0.05, 0.1) is 27.2 Å². The van der Waals surface area contributed by atoms with Gasteiger partial charge in [-0.25, -0.2) is 8.42 Å². The van der Waals surface area contributed by atoms with Crippen LogP contribution in [0.2, 0.25) is 10.0 Å². The molecular formula is C21H16Cl2F2N2O3S. The summed E-state index contributed by atoms with van der Waals surface area (Å²) >= 11 is 12.0. The number of aromatic nitrogens is 1. The van der Waals surface area contributed by atoms with E-state index in [-0.39, 0.29) is 18.7 Å². The van der Waals surface area contributed by atoms with E-state index in [0.29, 0.717) is 15.7 Å². The zero-order valence-electron chi connectivity index (χ0n) is 15.9. The fraction of sp³-hybridized carbons (Fsp3) is 0.143. The first kappa shape index (κ1) is 23.1. The van der Waals surface area contributed by atoms with Crippen LogP contribution in [-0.2, 0) is 22.9 Å². The number of hydrogen-bond donors (Lipinski definition) is 0. The van der Waals surface area contributed by atoms with Crippen LogP contribution >= 0.6 is 23.2 Å². The van der Waals surface area contributed by atoms with Gasteiger partial charge in [0, 0.05) is 18.3 Å². The average Bonchev–Trinajstić information content (AvgIpc) is 2.76. The highest BCUT2D eigenvalue weighted by atomic mass is 35.5. The molecule has 0 aliphatic heterocycles. The number of pyridine rings is 1. The summed E-state index contributed by atoms with van der Waals surface area (Å²) < 4.78 is 48.7. The first-order valence-electron chi connectivity index (χ1n) is 8.93. The highest BCUT2D eigenvalue weighted by Gasteiger charge is 2.27. The molecule has 0 aliphatic rings. The van der Waals surface area contributed by atoms with Crippen LogP contribution in [0.4, 0.5) is 8.78 Å². The van der Waals surface area contributed by atoms with Crippen molar-refractivity contribution in [2.45, 2.75) is 23.7 Å². The van der Waals surface area contributed by atoms with E-state index in [2.05, 4.69) is 4.98 Å². The zero-order valence-corrected chi connectivity index (χ0v) is 18.2. The van der Waals surface area contributed by atoms with Crippen molar-refractivity contribution in [3.63, 3.8) is 0 Å². The summed E-state index contributed by atoms with van der Waals surface area (Å²) in [5, 5.41) is 0.717. The van der Waals surface area contributed by atoms with Crippen molar-refractivity contribution in [3.05, 3.63) is 93.7 Å². The first-order chi connectivity index (χ1) is 14.7. The normalized spacial score (nSPS) is 11.5. The van der Waals surface area contributed by atoms with Crippen LogP contribution in [0.5, 0.6) is 0 Å².